The second-order valence-electron chi connectivity index (χ2n) is 4.63. The molecule has 2 rings (SSSR count). The van der Waals surface area contributed by atoms with Crippen LogP contribution in [-0.4, -0.2) is 35.4 Å². The zero-order chi connectivity index (χ0) is 11.4. The first-order valence-electron chi connectivity index (χ1n) is 6.05. The molecule has 0 radical (unpaired) electrons. The minimum atomic E-state index is 0.546. The molecule has 2 heterocycles. The summed E-state index contributed by atoms with van der Waals surface area (Å²) in [5.74, 6) is 1.01. The van der Waals surface area contributed by atoms with Gasteiger partial charge in [-0.05, 0) is 25.0 Å². The minimum absolute atomic E-state index is 0.546. The number of nitrogens with zero attached hydrogens (tertiary/aromatic N) is 3. The summed E-state index contributed by atoms with van der Waals surface area (Å²) < 4.78 is 0. The van der Waals surface area contributed by atoms with Crippen LogP contribution >= 0.6 is 0 Å². The van der Waals surface area contributed by atoms with Crippen molar-refractivity contribution < 1.29 is 0 Å². The van der Waals surface area contributed by atoms with E-state index in [2.05, 4.69) is 34.3 Å². The molecule has 1 aromatic heterocycles. The highest BCUT2D eigenvalue weighted by atomic mass is 15.3. The number of hydrogen-bond donors (Lipinski definition) is 1. The van der Waals surface area contributed by atoms with E-state index in [1.54, 1.807) is 6.20 Å². The summed E-state index contributed by atoms with van der Waals surface area (Å²) in [5.41, 5.74) is 0. The van der Waals surface area contributed by atoms with Crippen LogP contribution < -0.4 is 10.2 Å². The van der Waals surface area contributed by atoms with Crippen LogP contribution in [0, 0.1) is 0 Å². The number of aromatic nitrogens is 2. The first-order valence-corrected chi connectivity index (χ1v) is 6.05. The largest absolute Gasteiger partial charge is 0.351 e. The Balaban J connectivity index is 1.98. The Labute approximate surface area is 97.1 Å². The second-order valence-corrected chi connectivity index (χ2v) is 4.63. The van der Waals surface area contributed by atoms with Crippen molar-refractivity contribution in [3.8, 4) is 0 Å². The summed E-state index contributed by atoms with van der Waals surface area (Å²) in [7, 11) is 0. The number of nitrogens with one attached hydrogen (secondary N) is 1. The summed E-state index contributed by atoms with van der Waals surface area (Å²) >= 11 is 0. The monoisotopic (exact) mass is 220 g/mol. The van der Waals surface area contributed by atoms with Crippen LogP contribution in [0.4, 0.5) is 5.82 Å². The molecule has 0 bridgehead atoms. The molecule has 0 aromatic carbocycles. The SMILES string of the molecule is CC(C)NCC1CCCN1c1cccnn1. The van der Waals surface area contributed by atoms with Gasteiger partial charge < -0.3 is 10.2 Å². The first-order chi connectivity index (χ1) is 7.77. The van der Waals surface area contributed by atoms with Gasteiger partial charge in [0.25, 0.3) is 0 Å². The fourth-order valence-corrected chi connectivity index (χ4v) is 2.17. The van der Waals surface area contributed by atoms with Gasteiger partial charge in [-0.3, -0.25) is 0 Å². The molecule has 0 amide bonds. The molecule has 1 saturated heterocycles. The maximum Gasteiger partial charge on any atom is 0.151 e. The number of anilines is 1. The van der Waals surface area contributed by atoms with Crippen molar-refractivity contribution in [2.75, 3.05) is 18.0 Å². The maximum atomic E-state index is 4.19. The van der Waals surface area contributed by atoms with Gasteiger partial charge in [-0.1, -0.05) is 13.8 Å². The smallest absolute Gasteiger partial charge is 0.151 e. The average molecular weight is 220 g/mol. The molecule has 1 aromatic rings. The molecule has 0 aliphatic carbocycles. The second kappa shape index (κ2) is 5.25. The molecule has 1 aliphatic rings. The van der Waals surface area contributed by atoms with Crippen LogP contribution in [0.15, 0.2) is 18.3 Å². The van der Waals surface area contributed by atoms with Crippen LogP contribution in [0.1, 0.15) is 26.7 Å². The lowest BCUT2D eigenvalue weighted by molar-refractivity contribution is 0.521. The van der Waals surface area contributed by atoms with Crippen LogP contribution in [0.3, 0.4) is 0 Å². The lowest BCUT2D eigenvalue weighted by atomic mass is 10.2. The molecule has 88 valence electrons. The van der Waals surface area contributed by atoms with Gasteiger partial charge in [0.05, 0.1) is 0 Å². The average Bonchev–Trinajstić information content (AvgIpc) is 2.75. The Kier molecular flexibility index (Phi) is 3.72. The minimum Gasteiger partial charge on any atom is -0.351 e. The molecule has 0 spiro atoms. The number of rotatable bonds is 4. The summed E-state index contributed by atoms with van der Waals surface area (Å²) in [6, 6.07) is 5.11. The predicted molar refractivity (Wildman–Crippen MR) is 65.5 cm³/mol. The van der Waals surface area contributed by atoms with Crippen LogP contribution in [0.2, 0.25) is 0 Å². The van der Waals surface area contributed by atoms with E-state index in [0.717, 1.165) is 18.9 Å². The molecule has 1 aliphatic heterocycles. The summed E-state index contributed by atoms with van der Waals surface area (Å²) in [5, 5.41) is 11.6. The molecule has 4 nitrogen and oxygen atoms in total. The topological polar surface area (TPSA) is 41.0 Å². The van der Waals surface area contributed by atoms with Gasteiger partial charge in [0, 0.05) is 31.4 Å². The van der Waals surface area contributed by atoms with E-state index in [9.17, 15) is 0 Å². The van der Waals surface area contributed by atoms with Gasteiger partial charge in [0.15, 0.2) is 5.82 Å². The molecule has 1 N–H and O–H groups in total. The molecule has 4 heteroatoms. The fourth-order valence-electron chi connectivity index (χ4n) is 2.17. The van der Waals surface area contributed by atoms with E-state index < -0.39 is 0 Å². The van der Waals surface area contributed by atoms with Gasteiger partial charge in [0.1, 0.15) is 0 Å². The Morgan fingerprint density at radius 1 is 1.56 bits per heavy atom. The van der Waals surface area contributed by atoms with E-state index in [-0.39, 0.29) is 0 Å². The van der Waals surface area contributed by atoms with Crippen molar-refractivity contribution in [1.29, 1.82) is 0 Å². The predicted octanol–water partition coefficient (Wildman–Crippen LogP) is 1.44. The molecule has 1 atom stereocenters. The third-order valence-electron chi connectivity index (χ3n) is 2.99. The van der Waals surface area contributed by atoms with Gasteiger partial charge >= 0.3 is 0 Å². The summed E-state index contributed by atoms with van der Waals surface area (Å²) in [6.07, 6.45) is 4.22. The Morgan fingerprint density at radius 2 is 2.44 bits per heavy atom. The standard InChI is InChI=1S/C12H20N4/c1-10(2)13-9-11-5-4-8-16(11)12-6-3-7-14-15-12/h3,6-7,10-11,13H,4-5,8-9H2,1-2H3. The van der Waals surface area contributed by atoms with Crippen molar-refractivity contribution in [2.45, 2.75) is 38.8 Å². The molecular formula is C12H20N4. The first kappa shape index (κ1) is 11.3. The molecule has 16 heavy (non-hydrogen) atoms. The molecule has 1 fully saturated rings. The zero-order valence-corrected chi connectivity index (χ0v) is 10.1. The van der Waals surface area contributed by atoms with Crippen LogP contribution in [-0.2, 0) is 0 Å². The third kappa shape index (κ3) is 2.70. The quantitative estimate of drug-likeness (QED) is 0.833. The van der Waals surface area contributed by atoms with Gasteiger partial charge in [-0.2, -0.15) is 5.10 Å². The van der Waals surface area contributed by atoms with Crippen molar-refractivity contribution >= 4 is 5.82 Å². The highest BCUT2D eigenvalue weighted by molar-refractivity contribution is 5.39. The van der Waals surface area contributed by atoms with Crippen molar-refractivity contribution in [2.24, 2.45) is 0 Å². The van der Waals surface area contributed by atoms with Crippen molar-refractivity contribution in [3.05, 3.63) is 18.3 Å². The highest BCUT2D eigenvalue weighted by Gasteiger charge is 2.25. The van der Waals surface area contributed by atoms with E-state index in [4.69, 9.17) is 0 Å². The van der Waals surface area contributed by atoms with E-state index in [0.29, 0.717) is 12.1 Å². The van der Waals surface area contributed by atoms with Crippen molar-refractivity contribution in [1.82, 2.24) is 15.5 Å². The van der Waals surface area contributed by atoms with E-state index in [1.165, 1.54) is 12.8 Å². The molecule has 0 saturated carbocycles. The van der Waals surface area contributed by atoms with E-state index >= 15 is 0 Å². The van der Waals surface area contributed by atoms with Crippen LogP contribution in [0.5, 0.6) is 0 Å². The van der Waals surface area contributed by atoms with Gasteiger partial charge in [-0.15, -0.1) is 5.10 Å². The molecular weight excluding hydrogens is 200 g/mol. The Morgan fingerprint density at radius 3 is 3.12 bits per heavy atom. The lowest BCUT2D eigenvalue weighted by Gasteiger charge is -2.26. The maximum absolute atomic E-state index is 4.19. The lowest BCUT2D eigenvalue weighted by Crippen LogP contribution is -2.40. The fraction of sp³-hybridized carbons (Fsp3) is 0.667. The van der Waals surface area contributed by atoms with Gasteiger partial charge in [0.2, 0.25) is 0 Å². The van der Waals surface area contributed by atoms with Crippen LogP contribution in [0.25, 0.3) is 0 Å². The third-order valence-corrected chi connectivity index (χ3v) is 2.99. The normalized spacial score (nSPS) is 20.7. The zero-order valence-electron chi connectivity index (χ0n) is 10.1. The summed E-state index contributed by atoms with van der Waals surface area (Å²) in [4.78, 5) is 2.36. The summed E-state index contributed by atoms with van der Waals surface area (Å²) in [6.45, 7) is 6.50. The Bertz CT molecular complexity index is 312. The van der Waals surface area contributed by atoms with E-state index in [1.807, 2.05) is 12.1 Å². The molecule has 1 unspecified atom stereocenters. The Hall–Kier alpha value is -1.16. The highest BCUT2D eigenvalue weighted by Crippen LogP contribution is 2.22. The van der Waals surface area contributed by atoms with Gasteiger partial charge in [-0.25, -0.2) is 0 Å². The van der Waals surface area contributed by atoms with Crippen molar-refractivity contribution in [3.63, 3.8) is 0 Å². The number of hydrogen-bond acceptors (Lipinski definition) is 4.